The molecule has 0 amide bonds. The Morgan fingerprint density at radius 2 is 2.29 bits per heavy atom. The summed E-state index contributed by atoms with van der Waals surface area (Å²) in [6.07, 6.45) is 6.63. The van der Waals surface area contributed by atoms with Gasteiger partial charge < -0.3 is 10.1 Å². The maximum absolute atomic E-state index is 5.36. The van der Waals surface area contributed by atoms with E-state index < -0.39 is 0 Å². The van der Waals surface area contributed by atoms with Crippen molar-refractivity contribution in [1.29, 1.82) is 0 Å². The summed E-state index contributed by atoms with van der Waals surface area (Å²) >= 11 is 0. The second-order valence-corrected chi connectivity index (χ2v) is 5.51. The lowest BCUT2D eigenvalue weighted by Crippen LogP contribution is -2.49. The number of nitrogens with one attached hydrogen (secondary N) is 1. The van der Waals surface area contributed by atoms with Gasteiger partial charge in [-0.2, -0.15) is 0 Å². The SMILES string of the molecule is COc1cccc([C@]23CCC[C@@H](C2)NCC3)c1. The van der Waals surface area contributed by atoms with Crippen LogP contribution in [0, 0.1) is 0 Å². The Labute approximate surface area is 103 Å². The lowest BCUT2D eigenvalue weighted by Gasteiger charge is -2.46. The molecule has 17 heavy (non-hydrogen) atoms. The third-order valence-electron chi connectivity index (χ3n) is 4.56. The first-order valence-electron chi connectivity index (χ1n) is 6.70. The monoisotopic (exact) mass is 231 g/mol. The lowest BCUT2D eigenvalue weighted by atomic mass is 9.64. The zero-order valence-corrected chi connectivity index (χ0v) is 10.5. The van der Waals surface area contributed by atoms with Crippen LogP contribution in [0.5, 0.6) is 5.75 Å². The van der Waals surface area contributed by atoms with E-state index in [9.17, 15) is 0 Å². The number of methoxy groups -OCH3 is 1. The van der Waals surface area contributed by atoms with Crippen molar-refractivity contribution in [3.05, 3.63) is 29.8 Å². The first kappa shape index (κ1) is 11.1. The quantitative estimate of drug-likeness (QED) is 0.845. The molecule has 0 spiro atoms. The summed E-state index contributed by atoms with van der Waals surface area (Å²) in [6, 6.07) is 9.45. The van der Waals surface area contributed by atoms with Crippen LogP contribution in [0.4, 0.5) is 0 Å². The summed E-state index contributed by atoms with van der Waals surface area (Å²) in [5, 5.41) is 3.64. The minimum absolute atomic E-state index is 0.419. The van der Waals surface area contributed by atoms with Gasteiger partial charge in [0.1, 0.15) is 5.75 Å². The molecule has 1 saturated carbocycles. The maximum atomic E-state index is 5.36. The Kier molecular flexibility index (Phi) is 2.83. The van der Waals surface area contributed by atoms with E-state index in [1.807, 2.05) is 6.07 Å². The van der Waals surface area contributed by atoms with Crippen LogP contribution in [-0.2, 0) is 5.41 Å². The number of rotatable bonds is 2. The van der Waals surface area contributed by atoms with Gasteiger partial charge in [0.05, 0.1) is 7.11 Å². The molecular formula is C15H21NO. The van der Waals surface area contributed by atoms with Gasteiger partial charge in [-0.1, -0.05) is 18.6 Å². The minimum atomic E-state index is 0.419. The summed E-state index contributed by atoms with van der Waals surface area (Å²) in [7, 11) is 1.75. The van der Waals surface area contributed by atoms with Crippen molar-refractivity contribution in [3.63, 3.8) is 0 Å². The van der Waals surface area contributed by atoms with Crippen LogP contribution >= 0.6 is 0 Å². The highest BCUT2D eigenvalue weighted by Gasteiger charge is 2.40. The van der Waals surface area contributed by atoms with Gasteiger partial charge in [-0.05, 0) is 55.3 Å². The predicted molar refractivity (Wildman–Crippen MR) is 69.5 cm³/mol. The summed E-state index contributed by atoms with van der Waals surface area (Å²) in [5.74, 6) is 0.998. The molecule has 92 valence electrons. The van der Waals surface area contributed by atoms with Gasteiger partial charge in [-0.25, -0.2) is 0 Å². The van der Waals surface area contributed by atoms with Crippen LogP contribution in [0.2, 0.25) is 0 Å². The van der Waals surface area contributed by atoms with Crippen LogP contribution in [-0.4, -0.2) is 19.7 Å². The van der Waals surface area contributed by atoms with Gasteiger partial charge >= 0.3 is 0 Å². The highest BCUT2D eigenvalue weighted by atomic mass is 16.5. The average molecular weight is 231 g/mol. The third-order valence-corrected chi connectivity index (χ3v) is 4.56. The van der Waals surface area contributed by atoms with Crippen molar-refractivity contribution in [3.8, 4) is 5.75 Å². The molecule has 2 fully saturated rings. The fourth-order valence-electron chi connectivity index (χ4n) is 3.64. The molecule has 0 radical (unpaired) electrons. The zero-order chi connectivity index (χ0) is 11.7. The fraction of sp³-hybridized carbons (Fsp3) is 0.600. The van der Waals surface area contributed by atoms with E-state index in [-0.39, 0.29) is 0 Å². The molecule has 1 aromatic rings. The molecule has 2 atom stereocenters. The number of benzene rings is 1. The van der Waals surface area contributed by atoms with E-state index in [0.29, 0.717) is 5.41 Å². The molecule has 1 N–H and O–H groups in total. The van der Waals surface area contributed by atoms with Crippen molar-refractivity contribution >= 4 is 0 Å². The van der Waals surface area contributed by atoms with Crippen molar-refractivity contribution in [1.82, 2.24) is 5.32 Å². The molecule has 1 heterocycles. The molecule has 0 unspecified atom stereocenters. The summed E-state index contributed by atoms with van der Waals surface area (Å²) < 4.78 is 5.36. The highest BCUT2D eigenvalue weighted by molar-refractivity contribution is 5.35. The summed E-state index contributed by atoms with van der Waals surface area (Å²) in [4.78, 5) is 0. The molecule has 2 aliphatic rings. The van der Waals surface area contributed by atoms with Gasteiger partial charge in [0.15, 0.2) is 0 Å². The molecule has 1 aliphatic carbocycles. The Morgan fingerprint density at radius 3 is 3.18 bits per heavy atom. The molecular weight excluding hydrogens is 210 g/mol. The van der Waals surface area contributed by atoms with Gasteiger partial charge in [-0.15, -0.1) is 0 Å². The second kappa shape index (κ2) is 4.34. The fourth-order valence-corrected chi connectivity index (χ4v) is 3.64. The lowest BCUT2D eigenvalue weighted by molar-refractivity contribution is 0.180. The molecule has 3 rings (SSSR count). The average Bonchev–Trinajstić information content (AvgIpc) is 2.39. The number of hydrogen-bond donors (Lipinski definition) is 1. The Morgan fingerprint density at radius 1 is 1.35 bits per heavy atom. The van der Waals surface area contributed by atoms with E-state index in [1.54, 1.807) is 7.11 Å². The van der Waals surface area contributed by atoms with Gasteiger partial charge in [0.25, 0.3) is 0 Å². The van der Waals surface area contributed by atoms with Crippen molar-refractivity contribution < 1.29 is 4.74 Å². The van der Waals surface area contributed by atoms with Crippen LogP contribution < -0.4 is 10.1 Å². The highest BCUT2D eigenvalue weighted by Crippen LogP contribution is 2.44. The topological polar surface area (TPSA) is 21.3 Å². The standard InChI is InChI=1S/C15H21NO/c1-17-14-6-2-4-12(10-14)15-7-3-5-13(11-15)16-9-8-15/h2,4,6,10,13,16H,3,5,7-9,11H2,1H3/t13-,15-/m0/s1. The molecule has 1 aromatic carbocycles. The Bertz CT molecular complexity index is 392. The third kappa shape index (κ3) is 1.95. The Hall–Kier alpha value is -1.02. The summed E-state index contributed by atoms with van der Waals surface area (Å²) in [5.41, 5.74) is 1.91. The minimum Gasteiger partial charge on any atom is -0.497 e. The molecule has 2 bridgehead atoms. The largest absolute Gasteiger partial charge is 0.497 e. The maximum Gasteiger partial charge on any atom is 0.119 e. The van der Waals surface area contributed by atoms with E-state index in [0.717, 1.165) is 11.8 Å². The first-order valence-corrected chi connectivity index (χ1v) is 6.70. The summed E-state index contributed by atoms with van der Waals surface area (Å²) in [6.45, 7) is 1.17. The van der Waals surface area contributed by atoms with E-state index in [4.69, 9.17) is 4.74 Å². The van der Waals surface area contributed by atoms with Gasteiger partial charge in [0.2, 0.25) is 0 Å². The molecule has 2 nitrogen and oxygen atoms in total. The van der Waals surface area contributed by atoms with Crippen molar-refractivity contribution in [2.75, 3.05) is 13.7 Å². The molecule has 1 aliphatic heterocycles. The van der Waals surface area contributed by atoms with E-state index in [2.05, 4.69) is 23.5 Å². The van der Waals surface area contributed by atoms with Crippen LogP contribution in [0.1, 0.15) is 37.7 Å². The van der Waals surface area contributed by atoms with Gasteiger partial charge in [0, 0.05) is 6.04 Å². The van der Waals surface area contributed by atoms with E-state index in [1.165, 1.54) is 44.2 Å². The zero-order valence-electron chi connectivity index (χ0n) is 10.5. The van der Waals surface area contributed by atoms with E-state index >= 15 is 0 Å². The number of ether oxygens (including phenoxy) is 1. The van der Waals surface area contributed by atoms with Crippen LogP contribution in [0.15, 0.2) is 24.3 Å². The number of hydrogen-bond acceptors (Lipinski definition) is 2. The van der Waals surface area contributed by atoms with Crippen LogP contribution in [0.25, 0.3) is 0 Å². The second-order valence-electron chi connectivity index (χ2n) is 5.51. The molecule has 0 aromatic heterocycles. The normalized spacial score (nSPS) is 32.2. The Balaban J connectivity index is 1.94. The van der Waals surface area contributed by atoms with Crippen molar-refractivity contribution in [2.24, 2.45) is 0 Å². The number of piperidine rings is 1. The molecule has 1 saturated heterocycles. The smallest absolute Gasteiger partial charge is 0.119 e. The number of fused-ring (bicyclic) bond motifs is 2. The van der Waals surface area contributed by atoms with Gasteiger partial charge in [-0.3, -0.25) is 0 Å². The molecule has 2 heteroatoms. The van der Waals surface area contributed by atoms with Crippen LogP contribution in [0.3, 0.4) is 0 Å². The van der Waals surface area contributed by atoms with Crippen molar-refractivity contribution in [2.45, 2.75) is 43.6 Å². The first-order chi connectivity index (χ1) is 8.32. The predicted octanol–water partition coefficient (Wildman–Crippen LogP) is 2.87.